The minimum Gasteiger partial charge on any atom is -0.496 e. The molecule has 8 heteroatoms. The lowest BCUT2D eigenvalue weighted by Gasteiger charge is -2.02. The van der Waals surface area contributed by atoms with E-state index < -0.39 is 0 Å². The quantitative estimate of drug-likeness (QED) is 0.468. The second-order valence-corrected chi connectivity index (χ2v) is 4.94. The number of amidine groups is 2. The van der Waals surface area contributed by atoms with E-state index in [1.54, 1.807) is 14.2 Å². The summed E-state index contributed by atoms with van der Waals surface area (Å²) in [6.07, 6.45) is 3.02. The summed E-state index contributed by atoms with van der Waals surface area (Å²) in [5, 5.41) is 15.4. The van der Waals surface area contributed by atoms with Crippen LogP contribution in [0.2, 0.25) is 0 Å². The molecule has 0 aliphatic rings. The first-order chi connectivity index (χ1) is 12.7. The molecule has 134 valence electrons. The molecule has 0 amide bonds. The van der Waals surface area contributed by atoms with Gasteiger partial charge < -0.3 is 20.9 Å². The highest BCUT2D eigenvalue weighted by atomic mass is 16.5. The van der Waals surface area contributed by atoms with Crippen molar-refractivity contribution in [1.29, 1.82) is 0 Å². The van der Waals surface area contributed by atoms with Gasteiger partial charge in [-0.3, -0.25) is 0 Å². The molecule has 0 atom stereocenters. The molecule has 4 N–H and O–H groups in total. The molecule has 0 radical (unpaired) electrons. The number of hydrogen-bond donors (Lipinski definition) is 2. The Labute approximate surface area is 151 Å². The molecule has 0 aliphatic carbocycles. The molecule has 0 heterocycles. The van der Waals surface area contributed by atoms with Gasteiger partial charge in [-0.05, 0) is 24.3 Å². The molecule has 0 fully saturated rings. The maximum Gasteiger partial charge on any atom is 0.190 e. The molecule has 0 bridgehead atoms. The summed E-state index contributed by atoms with van der Waals surface area (Å²) in [5.41, 5.74) is 13.0. The second kappa shape index (κ2) is 9.58. The Balaban J connectivity index is 2.07. The van der Waals surface area contributed by atoms with Gasteiger partial charge >= 0.3 is 0 Å². The van der Waals surface area contributed by atoms with Crippen molar-refractivity contribution in [3.05, 3.63) is 59.7 Å². The van der Waals surface area contributed by atoms with Crippen LogP contribution in [-0.4, -0.2) is 38.3 Å². The Morgan fingerprint density at radius 3 is 1.50 bits per heavy atom. The van der Waals surface area contributed by atoms with E-state index in [2.05, 4.69) is 20.4 Å². The van der Waals surface area contributed by atoms with Gasteiger partial charge in [0, 0.05) is 11.1 Å². The van der Waals surface area contributed by atoms with Crippen molar-refractivity contribution < 1.29 is 9.47 Å². The van der Waals surface area contributed by atoms with E-state index in [1.165, 1.54) is 12.4 Å². The Hall–Kier alpha value is -3.68. The first-order valence-corrected chi connectivity index (χ1v) is 7.65. The average Bonchev–Trinajstić information content (AvgIpc) is 2.68. The average molecular weight is 352 g/mol. The van der Waals surface area contributed by atoms with E-state index in [0.717, 1.165) is 11.1 Å². The number of hydrogen-bond acceptors (Lipinski definition) is 6. The van der Waals surface area contributed by atoms with Gasteiger partial charge in [0.2, 0.25) is 0 Å². The molecule has 0 saturated heterocycles. The highest BCUT2D eigenvalue weighted by Crippen LogP contribution is 2.15. The predicted octanol–water partition coefficient (Wildman–Crippen LogP) is 1.79. The lowest BCUT2D eigenvalue weighted by molar-refractivity contribution is 0.414. The van der Waals surface area contributed by atoms with Gasteiger partial charge in [0.25, 0.3) is 0 Å². The Bertz CT molecular complexity index is 787. The number of rotatable bonds is 6. The van der Waals surface area contributed by atoms with Gasteiger partial charge in [-0.25, -0.2) is 0 Å². The molecule has 8 nitrogen and oxygen atoms in total. The number of ether oxygens (including phenoxy) is 2. The zero-order chi connectivity index (χ0) is 18.8. The van der Waals surface area contributed by atoms with E-state index in [1.807, 2.05) is 48.5 Å². The normalized spacial score (nSPS) is 12.7. The van der Waals surface area contributed by atoms with Gasteiger partial charge in [0.1, 0.15) is 11.5 Å². The summed E-state index contributed by atoms with van der Waals surface area (Å²) in [6, 6.07) is 14.7. The van der Waals surface area contributed by atoms with E-state index in [-0.39, 0.29) is 11.7 Å². The molecule has 2 rings (SSSR count). The van der Waals surface area contributed by atoms with Crippen LogP contribution in [0.4, 0.5) is 0 Å². The second-order valence-electron chi connectivity index (χ2n) is 4.94. The summed E-state index contributed by atoms with van der Waals surface area (Å²) < 4.78 is 10.4. The third kappa shape index (κ3) is 5.17. The highest BCUT2D eigenvalue weighted by molar-refractivity contribution is 6.39. The number of nitrogens with two attached hydrogens (primary N) is 2. The van der Waals surface area contributed by atoms with Crippen LogP contribution in [0.3, 0.4) is 0 Å². The molecule has 0 aromatic heterocycles. The van der Waals surface area contributed by atoms with Crippen molar-refractivity contribution in [1.82, 2.24) is 0 Å². The predicted molar refractivity (Wildman–Crippen MR) is 104 cm³/mol. The molecular formula is C18H20N6O2. The van der Waals surface area contributed by atoms with Crippen LogP contribution in [0, 0.1) is 0 Å². The fourth-order valence-corrected chi connectivity index (χ4v) is 1.96. The zero-order valence-corrected chi connectivity index (χ0v) is 14.5. The first kappa shape index (κ1) is 18.7. The van der Waals surface area contributed by atoms with Crippen LogP contribution < -0.4 is 20.9 Å². The maximum absolute atomic E-state index is 5.74. The number of methoxy groups -OCH3 is 2. The van der Waals surface area contributed by atoms with E-state index in [9.17, 15) is 0 Å². The molecule has 0 saturated carbocycles. The van der Waals surface area contributed by atoms with Crippen LogP contribution in [0.25, 0.3) is 0 Å². The fraction of sp³-hybridized carbons (Fsp3) is 0.111. The summed E-state index contributed by atoms with van der Waals surface area (Å²) in [6.45, 7) is 0. The monoisotopic (exact) mass is 352 g/mol. The summed E-state index contributed by atoms with van der Waals surface area (Å²) in [5.74, 6) is 1.25. The maximum atomic E-state index is 5.74. The molecule has 26 heavy (non-hydrogen) atoms. The van der Waals surface area contributed by atoms with E-state index >= 15 is 0 Å². The van der Waals surface area contributed by atoms with Gasteiger partial charge in [0.15, 0.2) is 11.7 Å². The Kier molecular flexibility index (Phi) is 6.87. The lowest BCUT2D eigenvalue weighted by atomic mass is 10.2. The first-order valence-electron chi connectivity index (χ1n) is 7.65. The van der Waals surface area contributed by atoms with Crippen LogP contribution in [0.5, 0.6) is 11.5 Å². The van der Waals surface area contributed by atoms with Crippen LogP contribution in [0.15, 0.2) is 68.9 Å². The Morgan fingerprint density at radius 2 is 1.12 bits per heavy atom. The van der Waals surface area contributed by atoms with Gasteiger partial charge in [-0.15, -0.1) is 10.2 Å². The molecule has 0 aliphatic heterocycles. The van der Waals surface area contributed by atoms with E-state index in [4.69, 9.17) is 20.9 Å². The van der Waals surface area contributed by atoms with Crippen molar-refractivity contribution in [2.75, 3.05) is 14.2 Å². The van der Waals surface area contributed by atoms with Crippen molar-refractivity contribution in [3.63, 3.8) is 0 Å². The molecule has 2 aromatic rings. The summed E-state index contributed by atoms with van der Waals surface area (Å²) in [7, 11) is 3.16. The summed E-state index contributed by atoms with van der Waals surface area (Å²) in [4.78, 5) is 0. The van der Waals surface area contributed by atoms with Crippen molar-refractivity contribution >= 4 is 24.1 Å². The van der Waals surface area contributed by atoms with Gasteiger partial charge in [-0.1, -0.05) is 24.3 Å². The zero-order valence-electron chi connectivity index (χ0n) is 14.5. The SMILES string of the molecule is COc1ccccc1\C=N/N=C(N)/C(N)=N\N=C/c1ccccc1OC. The topological polar surface area (TPSA) is 120 Å². The molecule has 0 unspecified atom stereocenters. The minimum atomic E-state index is -0.0478. The van der Waals surface area contributed by atoms with Crippen molar-refractivity contribution in [2.45, 2.75) is 0 Å². The van der Waals surface area contributed by atoms with Crippen molar-refractivity contribution in [2.24, 2.45) is 31.9 Å². The third-order valence-electron chi connectivity index (χ3n) is 3.26. The van der Waals surface area contributed by atoms with Crippen LogP contribution >= 0.6 is 0 Å². The van der Waals surface area contributed by atoms with E-state index in [0.29, 0.717) is 11.5 Å². The smallest absolute Gasteiger partial charge is 0.190 e. The number of para-hydroxylation sites is 2. The molecular weight excluding hydrogens is 332 g/mol. The third-order valence-corrected chi connectivity index (χ3v) is 3.26. The van der Waals surface area contributed by atoms with Gasteiger partial charge in [0.05, 0.1) is 26.6 Å². The van der Waals surface area contributed by atoms with Crippen molar-refractivity contribution in [3.8, 4) is 11.5 Å². The number of nitrogens with zero attached hydrogens (tertiary/aromatic N) is 4. The fourth-order valence-electron chi connectivity index (χ4n) is 1.96. The van der Waals surface area contributed by atoms with Gasteiger partial charge in [-0.2, -0.15) is 10.2 Å². The largest absolute Gasteiger partial charge is 0.496 e. The Morgan fingerprint density at radius 1 is 0.731 bits per heavy atom. The van der Waals surface area contributed by atoms with Crippen LogP contribution in [0.1, 0.15) is 11.1 Å². The molecule has 0 spiro atoms. The molecule has 2 aromatic carbocycles. The standard InChI is InChI=1S/C18H20N6O2/c1-25-15-9-5-3-7-13(15)11-21-23-17(19)18(20)24-22-12-14-8-4-6-10-16(14)26-2/h3-12H,1-2H3,(H2,19,23)(H2,20,24)/b21-11-,22-12-. The lowest BCUT2D eigenvalue weighted by Crippen LogP contribution is -2.30. The highest BCUT2D eigenvalue weighted by Gasteiger charge is 2.00. The number of benzene rings is 2. The minimum absolute atomic E-state index is 0.0478. The summed E-state index contributed by atoms with van der Waals surface area (Å²) >= 11 is 0. The van der Waals surface area contributed by atoms with Crippen LogP contribution in [-0.2, 0) is 0 Å².